The van der Waals surface area contributed by atoms with Gasteiger partial charge in [-0.3, -0.25) is 9.59 Å². The number of hydrogen-bond donors (Lipinski definition) is 0. The minimum absolute atomic E-state index is 0.000862. The zero-order valence-corrected chi connectivity index (χ0v) is 13.2. The molecule has 0 spiro atoms. The summed E-state index contributed by atoms with van der Waals surface area (Å²) in [6.45, 7) is 0.378. The molecule has 1 amide bonds. The van der Waals surface area contributed by atoms with Crippen molar-refractivity contribution in [3.05, 3.63) is 34.9 Å². The lowest BCUT2D eigenvalue weighted by Crippen LogP contribution is -2.30. The van der Waals surface area contributed by atoms with Crippen molar-refractivity contribution in [2.24, 2.45) is 0 Å². The quantitative estimate of drug-likeness (QED) is 0.726. The van der Waals surface area contributed by atoms with E-state index in [2.05, 4.69) is 4.74 Å². The minimum Gasteiger partial charge on any atom is -0.469 e. The van der Waals surface area contributed by atoms with E-state index in [4.69, 9.17) is 11.6 Å². The molecule has 1 aromatic carbocycles. The number of amides is 1. The number of halogens is 1. The monoisotopic (exact) mass is 315 g/mol. The molecule has 0 bridgehead atoms. The van der Waals surface area contributed by atoms with Crippen molar-refractivity contribution in [3.63, 3.8) is 0 Å². The molecule has 0 fully saturated rings. The van der Waals surface area contributed by atoms with Crippen molar-refractivity contribution in [3.8, 4) is 0 Å². The van der Waals surface area contributed by atoms with Crippen LogP contribution < -0.4 is 0 Å². The average molecular weight is 316 g/mol. The highest BCUT2D eigenvalue weighted by molar-refractivity contribution is 7.99. The van der Waals surface area contributed by atoms with Crippen LogP contribution in [0.5, 0.6) is 0 Å². The molecule has 110 valence electrons. The Kier molecular flexibility index (Phi) is 7.47. The Hall–Kier alpha value is -1.20. The van der Waals surface area contributed by atoms with Gasteiger partial charge in [-0.25, -0.2) is 0 Å². The summed E-state index contributed by atoms with van der Waals surface area (Å²) >= 11 is 7.42. The van der Waals surface area contributed by atoms with Gasteiger partial charge in [0.25, 0.3) is 0 Å². The van der Waals surface area contributed by atoms with Crippen LogP contribution in [0.15, 0.2) is 24.3 Å². The molecule has 0 atom stereocenters. The van der Waals surface area contributed by atoms with Crippen LogP contribution in [0.2, 0.25) is 5.02 Å². The van der Waals surface area contributed by atoms with Crippen LogP contribution in [-0.4, -0.2) is 43.2 Å². The Morgan fingerprint density at radius 1 is 1.40 bits per heavy atom. The lowest BCUT2D eigenvalue weighted by molar-refractivity contribution is -0.141. The highest BCUT2D eigenvalue weighted by Gasteiger charge is 2.10. The predicted molar refractivity (Wildman–Crippen MR) is 81.9 cm³/mol. The van der Waals surface area contributed by atoms with E-state index < -0.39 is 0 Å². The van der Waals surface area contributed by atoms with Gasteiger partial charge in [0.2, 0.25) is 5.91 Å². The molecule has 0 heterocycles. The van der Waals surface area contributed by atoms with Crippen molar-refractivity contribution in [1.29, 1.82) is 0 Å². The van der Waals surface area contributed by atoms with Crippen LogP contribution >= 0.6 is 23.4 Å². The fourth-order valence-corrected chi connectivity index (χ4v) is 2.60. The van der Waals surface area contributed by atoms with E-state index in [1.165, 1.54) is 18.9 Å². The molecule has 6 heteroatoms. The first kappa shape index (κ1) is 16.9. The number of methoxy groups -OCH3 is 1. The maximum atomic E-state index is 11.8. The van der Waals surface area contributed by atoms with E-state index in [0.717, 1.165) is 11.3 Å². The van der Waals surface area contributed by atoms with Crippen LogP contribution in [0.4, 0.5) is 0 Å². The Balaban J connectivity index is 2.27. The van der Waals surface area contributed by atoms with Crippen LogP contribution in [0.25, 0.3) is 0 Å². The number of ether oxygens (including phenoxy) is 1. The molecular weight excluding hydrogens is 298 g/mol. The summed E-state index contributed by atoms with van der Waals surface area (Å²) in [6, 6.07) is 7.58. The maximum absolute atomic E-state index is 11.8. The van der Waals surface area contributed by atoms with E-state index in [1.807, 2.05) is 24.3 Å². The first-order valence-corrected chi connectivity index (χ1v) is 7.69. The largest absolute Gasteiger partial charge is 0.469 e. The molecule has 20 heavy (non-hydrogen) atoms. The number of carbonyl (C=O) groups excluding carboxylic acids is 2. The molecule has 1 rings (SSSR count). The number of benzene rings is 1. The number of rotatable bonds is 7. The molecule has 1 aromatic rings. The van der Waals surface area contributed by atoms with Gasteiger partial charge < -0.3 is 9.64 Å². The van der Waals surface area contributed by atoms with E-state index in [9.17, 15) is 9.59 Å². The van der Waals surface area contributed by atoms with E-state index in [-0.39, 0.29) is 18.3 Å². The zero-order chi connectivity index (χ0) is 15.0. The molecule has 0 aromatic heterocycles. The third-order valence-electron chi connectivity index (χ3n) is 2.69. The van der Waals surface area contributed by atoms with Gasteiger partial charge in [-0.15, -0.1) is 11.8 Å². The van der Waals surface area contributed by atoms with Crippen LogP contribution in [0, 0.1) is 0 Å². The van der Waals surface area contributed by atoms with E-state index >= 15 is 0 Å². The first-order chi connectivity index (χ1) is 9.52. The summed E-state index contributed by atoms with van der Waals surface area (Å²) < 4.78 is 4.54. The van der Waals surface area contributed by atoms with Gasteiger partial charge in [-0.2, -0.15) is 0 Å². The number of hydrogen-bond acceptors (Lipinski definition) is 4. The van der Waals surface area contributed by atoms with Gasteiger partial charge in [0.05, 0.1) is 19.3 Å². The molecule has 4 nitrogen and oxygen atoms in total. The second-order valence-corrected chi connectivity index (χ2v) is 5.69. The van der Waals surface area contributed by atoms with Gasteiger partial charge in [-0.05, 0) is 17.7 Å². The summed E-state index contributed by atoms with van der Waals surface area (Å²) in [7, 11) is 3.02. The van der Waals surface area contributed by atoms with Crippen LogP contribution in [0.3, 0.4) is 0 Å². The lowest BCUT2D eigenvalue weighted by atomic mass is 10.2. The summed E-state index contributed by atoms with van der Waals surface area (Å²) in [5.74, 6) is 0.804. The van der Waals surface area contributed by atoms with Crippen molar-refractivity contribution >= 4 is 35.2 Å². The van der Waals surface area contributed by atoms with E-state index in [1.54, 1.807) is 11.9 Å². The zero-order valence-electron chi connectivity index (χ0n) is 11.6. The average Bonchev–Trinajstić information content (AvgIpc) is 2.44. The Morgan fingerprint density at radius 2 is 2.15 bits per heavy atom. The first-order valence-electron chi connectivity index (χ1n) is 6.16. The third kappa shape index (κ3) is 6.30. The van der Waals surface area contributed by atoms with Crippen LogP contribution in [0.1, 0.15) is 12.0 Å². The van der Waals surface area contributed by atoms with Crippen LogP contribution in [-0.2, 0) is 20.1 Å². The highest BCUT2D eigenvalue weighted by Crippen LogP contribution is 2.16. The van der Waals surface area contributed by atoms with Gasteiger partial charge >= 0.3 is 5.97 Å². The number of carbonyl (C=O) groups is 2. The second kappa shape index (κ2) is 8.87. The Bertz CT molecular complexity index is 467. The van der Waals surface area contributed by atoms with Crippen molar-refractivity contribution < 1.29 is 14.3 Å². The number of nitrogens with zero attached hydrogens (tertiary/aromatic N) is 1. The number of esters is 1. The maximum Gasteiger partial charge on any atom is 0.307 e. The predicted octanol–water partition coefficient (Wildman–Crippen LogP) is 2.59. The standard InChI is InChI=1S/C14H18ClNO3S/c1-16(7-6-14(18)19-2)13(17)10-20-9-11-4-3-5-12(15)8-11/h3-5,8H,6-7,9-10H2,1-2H3. The van der Waals surface area contributed by atoms with Crippen molar-refractivity contribution in [2.75, 3.05) is 26.5 Å². The molecule has 0 saturated heterocycles. The van der Waals surface area contributed by atoms with Gasteiger partial charge in [0.15, 0.2) is 0 Å². The van der Waals surface area contributed by atoms with Crippen molar-refractivity contribution in [2.45, 2.75) is 12.2 Å². The fraction of sp³-hybridized carbons (Fsp3) is 0.429. The highest BCUT2D eigenvalue weighted by atomic mass is 35.5. The molecule has 0 radical (unpaired) electrons. The van der Waals surface area contributed by atoms with Gasteiger partial charge in [0.1, 0.15) is 0 Å². The van der Waals surface area contributed by atoms with Crippen molar-refractivity contribution in [1.82, 2.24) is 4.90 Å². The molecular formula is C14H18ClNO3S. The molecule has 0 aliphatic heterocycles. The molecule has 0 aliphatic rings. The van der Waals surface area contributed by atoms with Gasteiger partial charge in [0, 0.05) is 24.4 Å². The number of thioether (sulfide) groups is 1. The summed E-state index contributed by atoms with van der Waals surface area (Å²) in [5.41, 5.74) is 1.09. The molecule has 0 aliphatic carbocycles. The molecule has 0 unspecified atom stereocenters. The third-order valence-corrected chi connectivity index (χ3v) is 3.91. The van der Waals surface area contributed by atoms with E-state index in [0.29, 0.717) is 17.3 Å². The minimum atomic E-state index is -0.309. The topological polar surface area (TPSA) is 46.6 Å². The Morgan fingerprint density at radius 3 is 2.80 bits per heavy atom. The summed E-state index contributed by atoms with van der Waals surface area (Å²) in [6.07, 6.45) is 0.220. The SMILES string of the molecule is COC(=O)CCN(C)C(=O)CSCc1cccc(Cl)c1. The second-order valence-electron chi connectivity index (χ2n) is 4.26. The molecule has 0 N–H and O–H groups in total. The Labute approximate surface area is 128 Å². The molecule has 0 saturated carbocycles. The lowest BCUT2D eigenvalue weighted by Gasteiger charge is -2.16. The fourth-order valence-electron chi connectivity index (χ4n) is 1.48. The normalized spacial score (nSPS) is 10.2. The smallest absolute Gasteiger partial charge is 0.307 e. The summed E-state index contributed by atoms with van der Waals surface area (Å²) in [4.78, 5) is 24.4. The van der Waals surface area contributed by atoms with Gasteiger partial charge in [-0.1, -0.05) is 23.7 Å². The summed E-state index contributed by atoms with van der Waals surface area (Å²) in [5, 5.41) is 0.699.